The van der Waals surface area contributed by atoms with E-state index in [4.69, 9.17) is 9.47 Å². The van der Waals surface area contributed by atoms with Gasteiger partial charge in [0.25, 0.3) is 0 Å². The van der Waals surface area contributed by atoms with Crippen LogP contribution in [0.4, 0.5) is 5.82 Å². The first-order chi connectivity index (χ1) is 12.4. The minimum Gasteiger partial charge on any atom is -0.494 e. The molecule has 1 aromatic heterocycles. The quantitative estimate of drug-likeness (QED) is 0.770. The number of pyridine rings is 1. The number of nitrogens with zero attached hydrogens (tertiary/aromatic N) is 1. The van der Waals surface area contributed by atoms with Gasteiger partial charge < -0.3 is 14.8 Å². The Morgan fingerprint density at radius 1 is 1.35 bits per heavy atom. The van der Waals surface area contributed by atoms with Crippen molar-refractivity contribution in [1.82, 2.24) is 9.71 Å². The Bertz CT molecular complexity index is 882. The zero-order valence-corrected chi connectivity index (χ0v) is 15.9. The minimum absolute atomic E-state index is 0.125. The van der Waals surface area contributed by atoms with Crippen LogP contribution in [0.3, 0.4) is 0 Å². The molecular weight excluding hydrogens is 354 g/mol. The highest BCUT2D eigenvalue weighted by Gasteiger charge is 2.21. The summed E-state index contributed by atoms with van der Waals surface area (Å²) in [5, 5.41) is 3.20. The summed E-state index contributed by atoms with van der Waals surface area (Å²) in [6, 6.07) is 7.18. The van der Waals surface area contributed by atoms with Crippen LogP contribution in [0, 0.1) is 0 Å². The van der Waals surface area contributed by atoms with Gasteiger partial charge in [-0.15, -0.1) is 0 Å². The van der Waals surface area contributed by atoms with Gasteiger partial charge in [0.05, 0.1) is 6.61 Å². The van der Waals surface area contributed by atoms with Gasteiger partial charge in [-0.3, -0.25) is 0 Å². The Labute approximate surface area is 153 Å². The van der Waals surface area contributed by atoms with Gasteiger partial charge in [-0.05, 0) is 45.2 Å². The SMILES string of the molecule is CCOc1cc2c(cc1CNc1ccc(S(=O)(=O)NC)cn1)OC(C)C2. The Kier molecular flexibility index (Phi) is 5.33. The molecule has 26 heavy (non-hydrogen) atoms. The van der Waals surface area contributed by atoms with Crippen molar-refractivity contribution in [3.05, 3.63) is 41.6 Å². The van der Waals surface area contributed by atoms with E-state index in [1.54, 1.807) is 6.07 Å². The molecule has 1 aliphatic heterocycles. The van der Waals surface area contributed by atoms with E-state index in [1.165, 1.54) is 19.3 Å². The highest BCUT2D eigenvalue weighted by atomic mass is 32.2. The fourth-order valence-corrected chi connectivity index (χ4v) is 3.53. The number of hydrogen-bond donors (Lipinski definition) is 2. The molecule has 0 aliphatic carbocycles. The number of rotatable bonds is 7. The van der Waals surface area contributed by atoms with E-state index in [9.17, 15) is 8.42 Å². The normalized spacial score (nSPS) is 16.0. The number of sulfonamides is 1. The first-order valence-corrected chi connectivity index (χ1v) is 10.00. The third-order valence-electron chi connectivity index (χ3n) is 4.15. The van der Waals surface area contributed by atoms with Crippen LogP contribution in [0.1, 0.15) is 25.0 Å². The van der Waals surface area contributed by atoms with Crippen LogP contribution < -0.4 is 19.5 Å². The number of fused-ring (bicyclic) bond motifs is 1. The van der Waals surface area contributed by atoms with Crippen LogP contribution >= 0.6 is 0 Å². The standard InChI is InChI=1S/C18H23N3O4S/c1-4-24-16-8-13-7-12(2)25-17(13)9-14(16)10-20-18-6-5-15(11-21-18)26(22,23)19-3/h5-6,8-9,11-12,19H,4,7,10H2,1-3H3,(H,20,21). The second-order valence-electron chi connectivity index (χ2n) is 6.07. The monoisotopic (exact) mass is 377 g/mol. The average Bonchev–Trinajstić information content (AvgIpc) is 2.99. The summed E-state index contributed by atoms with van der Waals surface area (Å²) in [7, 11) is -2.12. The van der Waals surface area contributed by atoms with Crippen molar-refractivity contribution >= 4 is 15.8 Å². The molecule has 0 amide bonds. The number of nitrogens with one attached hydrogen (secondary N) is 2. The summed E-state index contributed by atoms with van der Waals surface area (Å²) in [5.41, 5.74) is 2.12. The minimum atomic E-state index is -3.49. The Morgan fingerprint density at radius 3 is 2.81 bits per heavy atom. The molecule has 1 aromatic carbocycles. The van der Waals surface area contributed by atoms with Crippen molar-refractivity contribution in [3.8, 4) is 11.5 Å². The molecule has 0 bridgehead atoms. The smallest absolute Gasteiger partial charge is 0.241 e. The molecule has 1 unspecified atom stereocenters. The maximum absolute atomic E-state index is 11.7. The predicted molar refractivity (Wildman–Crippen MR) is 99.2 cm³/mol. The van der Waals surface area contributed by atoms with Crippen LogP contribution in [-0.2, 0) is 23.0 Å². The Hall–Kier alpha value is -2.32. The summed E-state index contributed by atoms with van der Waals surface area (Å²) >= 11 is 0. The molecule has 0 fully saturated rings. The molecule has 7 nitrogen and oxygen atoms in total. The highest BCUT2D eigenvalue weighted by molar-refractivity contribution is 7.89. The molecule has 3 rings (SSSR count). The van der Waals surface area contributed by atoms with Gasteiger partial charge in [-0.2, -0.15) is 0 Å². The number of benzene rings is 1. The van der Waals surface area contributed by atoms with Gasteiger partial charge in [-0.1, -0.05) is 0 Å². The Balaban J connectivity index is 1.76. The lowest BCUT2D eigenvalue weighted by atomic mass is 10.1. The van der Waals surface area contributed by atoms with Crippen LogP contribution in [0.5, 0.6) is 11.5 Å². The molecule has 8 heteroatoms. The maximum atomic E-state index is 11.7. The van der Waals surface area contributed by atoms with Gasteiger partial charge in [-0.25, -0.2) is 18.1 Å². The third-order valence-corrected chi connectivity index (χ3v) is 5.55. The zero-order valence-electron chi connectivity index (χ0n) is 15.1. The van der Waals surface area contributed by atoms with Gasteiger partial charge in [0.15, 0.2) is 0 Å². The molecule has 0 saturated carbocycles. The number of hydrogen-bond acceptors (Lipinski definition) is 6. The van der Waals surface area contributed by atoms with Crippen molar-refractivity contribution in [1.29, 1.82) is 0 Å². The maximum Gasteiger partial charge on any atom is 0.241 e. The number of aromatic nitrogens is 1. The molecule has 0 radical (unpaired) electrons. The summed E-state index contributed by atoms with van der Waals surface area (Å²) < 4.78 is 37.3. The lowest BCUT2D eigenvalue weighted by Crippen LogP contribution is -2.18. The fraction of sp³-hybridized carbons (Fsp3) is 0.389. The topological polar surface area (TPSA) is 89.5 Å². The molecule has 2 aromatic rings. The lowest BCUT2D eigenvalue weighted by Gasteiger charge is -2.14. The molecule has 1 aliphatic rings. The second-order valence-corrected chi connectivity index (χ2v) is 7.96. The van der Waals surface area contributed by atoms with Crippen molar-refractivity contribution < 1.29 is 17.9 Å². The largest absolute Gasteiger partial charge is 0.494 e. The summed E-state index contributed by atoms with van der Waals surface area (Å²) in [6.07, 6.45) is 2.38. The van der Waals surface area contributed by atoms with E-state index in [2.05, 4.69) is 15.0 Å². The van der Waals surface area contributed by atoms with Gasteiger partial charge >= 0.3 is 0 Å². The first kappa shape index (κ1) is 18.5. The van der Waals surface area contributed by atoms with Crippen LogP contribution in [0.15, 0.2) is 35.4 Å². The molecule has 1 atom stereocenters. The van der Waals surface area contributed by atoms with Crippen LogP contribution in [0.25, 0.3) is 0 Å². The van der Waals surface area contributed by atoms with Crippen molar-refractivity contribution in [2.75, 3.05) is 19.0 Å². The second kappa shape index (κ2) is 7.51. The van der Waals surface area contributed by atoms with Gasteiger partial charge in [0, 0.05) is 30.3 Å². The number of anilines is 1. The fourth-order valence-electron chi connectivity index (χ4n) is 2.86. The molecular formula is C18H23N3O4S. The highest BCUT2D eigenvalue weighted by Crippen LogP contribution is 2.35. The summed E-state index contributed by atoms with van der Waals surface area (Å²) in [5.74, 6) is 2.30. The summed E-state index contributed by atoms with van der Waals surface area (Å²) in [4.78, 5) is 4.29. The van der Waals surface area contributed by atoms with Gasteiger partial charge in [0.1, 0.15) is 28.3 Å². The van der Waals surface area contributed by atoms with Crippen LogP contribution in [-0.4, -0.2) is 33.2 Å². The van der Waals surface area contributed by atoms with E-state index in [-0.39, 0.29) is 11.0 Å². The van der Waals surface area contributed by atoms with E-state index in [0.29, 0.717) is 19.0 Å². The van der Waals surface area contributed by atoms with E-state index in [1.807, 2.05) is 26.0 Å². The van der Waals surface area contributed by atoms with E-state index < -0.39 is 10.0 Å². The van der Waals surface area contributed by atoms with E-state index in [0.717, 1.165) is 29.0 Å². The van der Waals surface area contributed by atoms with Crippen LogP contribution in [0.2, 0.25) is 0 Å². The van der Waals surface area contributed by atoms with Crippen molar-refractivity contribution in [3.63, 3.8) is 0 Å². The Morgan fingerprint density at radius 2 is 2.15 bits per heavy atom. The summed E-state index contributed by atoms with van der Waals surface area (Å²) in [6.45, 7) is 5.07. The van der Waals surface area contributed by atoms with Gasteiger partial charge in [0.2, 0.25) is 10.0 Å². The molecule has 0 saturated heterocycles. The van der Waals surface area contributed by atoms with Crippen molar-refractivity contribution in [2.45, 2.75) is 37.8 Å². The molecule has 140 valence electrons. The zero-order chi connectivity index (χ0) is 18.7. The predicted octanol–water partition coefficient (Wildman–Crippen LogP) is 2.32. The van der Waals surface area contributed by atoms with E-state index >= 15 is 0 Å². The molecule has 2 N–H and O–H groups in total. The molecule has 2 heterocycles. The lowest BCUT2D eigenvalue weighted by molar-refractivity contribution is 0.254. The number of ether oxygens (including phenoxy) is 2. The average molecular weight is 377 g/mol. The third kappa shape index (κ3) is 3.91. The first-order valence-electron chi connectivity index (χ1n) is 8.51. The molecule has 0 spiro atoms. The van der Waals surface area contributed by atoms with Crippen molar-refractivity contribution in [2.24, 2.45) is 0 Å².